The van der Waals surface area contributed by atoms with Crippen molar-refractivity contribution in [3.8, 4) is 0 Å². The maximum absolute atomic E-state index is 2.56. The van der Waals surface area contributed by atoms with E-state index in [1.807, 2.05) is 0 Å². The molecule has 4 aliphatic heterocycles. The fourth-order valence-corrected chi connectivity index (χ4v) is 10.9. The standard InChI is InChI=1S/C14H29N.C13H19N.2C13H25N.C5H12.CH4/c1-12(2,3)11-9-13(4,5)15(8)14(6,7)10-11;1-12(2)10-8-6-7-9-11(10)13(3,4)14(12)5;2*1-11(2,3)10-9-12(4,5)14(8)13(10,6)7;1-5(2,3)4;/h11H,9-10H2,1-8H3;6-9H,1-5H3;2*9H,1-8H3;1-4H3;1H4. The van der Waals surface area contributed by atoms with Gasteiger partial charge in [-0.15, -0.1) is 0 Å². The Kier molecular flexibility index (Phi) is 18.8. The number of fused-ring (bicyclic) bond motifs is 1. The average Bonchev–Trinajstić information content (AvgIpc) is 3.40. The summed E-state index contributed by atoms with van der Waals surface area (Å²) in [5, 5.41) is 0. The minimum atomic E-state index is 0. The monoisotopic (exact) mass is 879 g/mol. The van der Waals surface area contributed by atoms with Crippen molar-refractivity contribution in [2.75, 3.05) is 28.2 Å². The second kappa shape index (κ2) is 19.3. The predicted molar refractivity (Wildman–Crippen MR) is 287 cm³/mol. The molecular formula is C59H114N4. The SMILES string of the molecule is C.CC(C)(C)C.CN1C(C)(C)C=C(C(C)(C)C)C1(C)C.CN1C(C)(C)C=C(C(C)(C)C)C1(C)C.CN1C(C)(C)CC(C(C)(C)C)CC1(C)C.CN1C(C)(C)c2ccccc2C1(C)C. The molecule has 0 radical (unpaired) electrons. The predicted octanol–water partition coefficient (Wildman–Crippen LogP) is 16.6. The molecule has 4 heterocycles. The van der Waals surface area contributed by atoms with E-state index in [2.05, 4.69) is 285 Å². The molecule has 1 fully saturated rings. The van der Waals surface area contributed by atoms with Crippen molar-refractivity contribution in [1.82, 2.24) is 19.6 Å². The van der Waals surface area contributed by atoms with Crippen molar-refractivity contribution >= 4 is 0 Å². The van der Waals surface area contributed by atoms with Gasteiger partial charge >= 0.3 is 0 Å². The molecule has 0 aromatic heterocycles. The fraction of sp³-hybridized carbons (Fsp3) is 0.831. The topological polar surface area (TPSA) is 13.0 Å². The van der Waals surface area contributed by atoms with Crippen LogP contribution in [0.3, 0.4) is 0 Å². The molecule has 0 bridgehead atoms. The molecule has 1 saturated heterocycles. The van der Waals surface area contributed by atoms with Gasteiger partial charge in [0.2, 0.25) is 0 Å². The summed E-state index contributed by atoms with van der Waals surface area (Å²) in [6.07, 6.45) is 7.51. The Balaban J connectivity index is 0.000000781. The Morgan fingerprint density at radius 3 is 0.841 bits per heavy atom. The van der Waals surface area contributed by atoms with Gasteiger partial charge in [-0.05, 0) is 202 Å². The molecule has 63 heavy (non-hydrogen) atoms. The lowest BCUT2D eigenvalue weighted by molar-refractivity contribution is -0.0565. The summed E-state index contributed by atoms with van der Waals surface area (Å²) in [5.74, 6) is 0.832. The number of nitrogens with zero attached hydrogens (tertiary/aromatic N) is 4. The van der Waals surface area contributed by atoms with Crippen LogP contribution in [0, 0.1) is 27.6 Å². The van der Waals surface area contributed by atoms with E-state index < -0.39 is 0 Å². The first-order valence-corrected chi connectivity index (χ1v) is 24.4. The molecule has 0 saturated carbocycles. The van der Waals surface area contributed by atoms with Crippen molar-refractivity contribution in [1.29, 1.82) is 0 Å². The highest BCUT2D eigenvalue weighted by Gasteiger charge is 2.49. The van der Waals surface area contributed by atoms with Gasteiger partial charge in [-0.3, -0.25) is 19.6 Å². The van der Waals surface area contributed by atoms with Gasteiger partial charge in [0.25, 0.3) is 0 Å². The smallest absolute Gasteiger partial charge is 0.0413 e. The summed E-state index contributed by atoms with van der Waals surface area (Å²) in [7, 11) is 8.92. The molecule has 4 nitrogen and oxygen atoms in total. The normalized spacial score (nSPS) is 24.6. The second-order valence-electron chi connectivity index (χ2n) is 29.0. The van der Waals surface area contributed by atoms with E-state index in [9.17, 15) is 0 Å². The number of rotatable bonds is 0. The van der Waals surface area contributed by atoms with Crippen LogP contribution >= 0.6 is 0 Å². The lowest BCUT2D eigenvalue weighted by Crippen LogP contribution is -2.60. The van der Waals surface area contributed by atoms with E-state index in [1.165, 1.54) is 24.0 Å². The van der Waals surface area contributed by atoms with E-state index in [0.717, 1.165) is 5.92 Å². The molecule has 4 aliphatic rings. The van der Waals surface area contributed by atoms with Gasteiger partial charge in [-0.2, -0.15) is 0 Å². The third-order valence-electron chi connectivity index (χ3n) is 15.8. The second-order valence-corrected chi connectivity index (χ2v) is 29.0. The number of piperidine rings is 1. The van der Waals surface area contributed by atoms with Crippen LogP contribution in [0.25, 0.3) is 0 Å². The maximum atomic E-state index is 2.56. The molecule has 1 aromatic carbocycles. The van der Waals surface area contributed by atoms with Gasteiger partial charge in [-0.1, -0.05) is 134 Å². The van der Waals surface area contributed by atoms with E-state index in [0.29, 0.717) is 21.9 Å². The molecule has 5 rings (SSSR count). The zero-order valence-electron chi connectivity index (χ0n) is 48.2. The van der Waals surface area contributed by atoms with Crippen LogP contribution in [0.5, 0.6) is 0 Å². The highest BCUT2D eigenvalue weighted by Crippen LogP contribution is 2.50. The van der Waals surface area contributed by atoms with E-state index >= 15 is 0 Å². The van der Waals surface area contributed by atoms with E-state index in [1.54, 1.807) is 11.1 Å². The maximum Gasteiger partial charge on any atom is 0.0413 e. The van der Waals surface area contributed by atoms with Crippen LogP contribution in [0.1, 0.15) is 232 Å². The summed E-state index contributed by atoms with van der Waals surface area (Å²) < 4.78 is 0. The zero-order valence-corrected chi connectivity index (χ0v) is 48.2. The third-order valence-corrected chi connectivity index (χ3v) is 15.8. The van der Waals surface area contributed by atoms with Crippen LogP contribution in [-0.4, -0.2) is 81.0 Å². The van der Waals surface area contributed by atoms with Gasteiger partial charge in [0.15, 0.2) is 0 Å². The van der Waals surface area contributed by atoms with E-state index in [4.69, 9.17) is 0 Å². The zero-order chi connectivity index (χ0) is 49.9. The Bertz CT molecular complexity index is 1580. The largest absolute Gasteiger partial charge is 0.296 e. The summed E-state index contributed by atoms with van der Waals surface area (Å²) in [6.45, 7) is 66.8. The molecule has 1 aromatic rings. The minimum Gasteiger partial charge on any atom is -0.296 e. The molecule has 0 amide bonds. The molecule has 0 aliphatic carbocycles. The van der Waals surface area contributed by atoms with Crippen molar-refractivity contribution in [3.63, 3.8) is 0 Å². The molecule has 0 unspecified atom stereocenters. The summed E-state index contributed by atoms with van der Waals surface area (Å²) in [4.78, 5) is 9.92. The van der Waals surface area contributed by atoms with Gasteiger partial charge in [0.1, 0.15) is 0 Å². The van der Waals surface area contributed by atoms with Gasteiger partial charge in [0, 0.05) is 44.3 Å². The van der Waals surface area contributed by atoms with Gasteiger partial charge in [-0.25, -0.2) is 0 Å². The molecule has 4 heteroatoms. The van der Waals surface area contributed by atoms with E-state index in [-0.39, 0.29) is 51.5 Å². The van der Waals surface area contributed by atoms with Crippen LogP contribution in [0.15, 0.2) is 47.6 Å². The lowest BCUT2D eigenvalue weighted by Gasteiger charge is -2.56. The molecule has 370 valence electrons. The molecule has 0 N–H and O–H groups in total. The first-order valence-electron chi connectivity index (χ1n) is 24.4. The Hall–Kier alpha value is -1.46. The van der Waals surface area contributed by atoms with Crippen LogP contribution in [0.4, 0.5) is 0 Å². The van der Waals surface area contributed by atoms with Crippen LogP contribution in [0.2, 0.25) is 0 Å². The number of hydrogen-bond acceptors (Lipinski definition) is 4. The first-order chi connectivity index (χ1) is 26.8. The Morgan fingerprint density at radius 1 is 0.413 bits per heavy atom. The van der Waals surface area contributed by atoms with Crippen LogP contribution < -0.4 is 0 Å². The number of hydrogen-bond donors (Lipinski definition) is 0. The summed E-state index contributed by atoms with van der Waals surface area (Å²) in [5.41, 5.74) is 9.23. The molecular weight excluding hydrogens is 765 g/mol. The highest BCUT2D eigenvalue weighted by atomic mass is 15.3. The van der Waals surface area contributed by atoms with Crippen molar-refractivity contribution in [2.24, 2.45) is 27.6 Å². The Labute approximate surface area is 397 Å². The number of benzene rings is 1. The summed E-state index contributed by atoms with van der Waals surface area (Å²) in [6, 6.07) is 8.77. The average molecular weight is 880 g/mol. The quantitative estimate of drug-likeness (QED) is 0.241. The lowest BCUT2D eigenvalue weighted by atomic mass is 9.65. The third kappa shape index (κ3) is 14.5. The minimum absolute atomic E-state index is 0. The van der Waals surface area contributed by atoms with Gasteiger partial charge in [0.05, 0.1) is 0 Å². The van der Waals surface area contributed by atoms with Gasteiger partial charge < -0.3 is 0 Å². The van der Waals surface area contributed by atoms with Crippen molar-refractivity contribution in [3.05, 3.63) is 58.7 Å². The van der Waals surface area contributed by atoms with Crippen LogP contribution in [-0.2, 0) is 11.1 Å². The Morgan fingerprint density at radius 2 is 0.667 bits per heavy atom. The number of likely N-dealkylation sites (tertiary alicyclic amines) is 1. The first kappa shape index (κ1) is 61.5. The molecule has 0 spiro atoms. The summed E-state index contributed by atoms with van der Waals surface area (Å²) >= 11 is 0. The van der Waals surface area contributed by atoms with Crippen molar-refractivity contribution < 1.29 is 0 Å². The fourth-order valence-electron chi connectivity index (χ4n) is 10.9. The highest BCUT2D eigenvalue weighted by molar-refractivity contribution is 5.43. The van der Waals surface area contributed by atoms with Crippen molar-refractivity contribution in [2.45, 2.75) is 265 Å². The number of likely N-dealkylation sites (N-methyl/N-ethyl adjacent to an activating group) is 2. The molecule has 0 atom stereocenters.